The van der Waals surface area contributed by atoms with Gasteiger partial charge in [-0.05, 0) is 13.3 Å². The van der Waals surface area contributed by atoms with Gasteiger partial charge in [0.1, 0.15) is 0 Å². The van der Waals surface area contributed by atoms with Crippen LogP contribution in [-0.4, -0.2) is 35.3 Å². The van der Waals surface area contributed by atoms with Gasteiger partial charge in [0.15, 0.2) is 5.69 Å². The molecular weight excluding hydrogens is 236 g/mol. The molecule has 0 aliphatic rings. The van der Waals surface area contributed by atoms with Gasteiger partial charge >= 0.3 is 5.97 Å². The molecule has 7 heteroatoms. The van der Waals surface area contributed by atoms with Crippen molar-refractivity contribution in [3.63, 3.8) is 0 Å². The van der Waals surface area contributed by atoms with Gasteiger partial charge in [-0.2, -0.15) is 5.10 Å². The van der Waals surface area contributed by atoms with Gasteiger partial charge in [-0.25, -0.2) is 4.79 Å². The van der Waals surface area contributed by atoms with Crippen molar-refractivity contribution in [3.05, 3.63) is 11.4 Å². The van der Waals surface area contributed by atoms with Crippen LogP contribution >= 0.6 is 0 Å². The minimum atomic E-state index is -0.521. The maximum absolute atomic E-state index is 11.8. The number of carbonyl (C=O) groups excluding carboxylic acids is 2. The molecule has 3 N–H and O–H groups in total. The summed E-state index contributed by atoms with van der Waals surface area (Å²) in [7, 11) is 3.19. The highest BCUT2D eigenvalue weighted by Gasteiger charge is 2.19. The molecule has 100 valence electrons. The Morgan fingerprint density at radius 1 is 1.50 bits per heavy atom. The van der Waals surface area contributed by atoms with Crippen molar-refractivity contribution in [2.75, 3.05) is 19.4 Å². The molecule has 0 saturated heterocycles. The summed E-state index contributed by atoms with van der Waals surface area (Å²) in [6, 6.07) is 0. The normalized spacial score (nSPS) is 10.2. The van der Waals surface area contributed by atoms with Crippen molar-refractivity contribution < 1.29 is 14.3 Å². The first-order valence-electron chi connectivity index (χ1n) is 5.64. The number of hydrogen-bond donors (Lipinski definition) is 2. The maximum Gasteiger partial charge on any atom is 0.358 e. The predicted molar refractivity (Wildman–Crippen MR) is 65.9 cm³/mol. The van der Waals surface area contributed by atoms with Crippen LogP contribution < -0.4 is 11.1 Å². The Labute approximate surface area is 105 Å². The first-order valence-corrected chi connectivity index (χ1v) is 5.64. The number of nitrogens with zero attached hydrogens (tertiary/aromatic N) is 2. The summed E-state index contributed by atoms with van der Waals surface area (Å²) >= 11 is 0. The summed E-state index contributed by atoms with van der Waals surface area (Å²) in [5.41, 5.74) is 6.89. The number of hydrogen-bond acceptors (Lipinski definition) is 5. The van der Waals surface area contributed by atoms with Crippen LogP contribution in [0.4, 0.5) is 5.69 Å². The molecule has 0 bridgehead atoms. The summed E-state index contributed by atoms with van der Waals surface area (Å²) in [4.78, 5) is 22.7. The number of ether oxygens (including phenoxy) is 1. The van der Waals surface area contributed by atoms with Crippen LogP contribution in [0.1, 0.15) is 29.0 Å². The number of rotatable bonds is 5. The molecule has 0 aromatic carbocycles. The second kappa shape index (κ2) is 6.04. The molecule has 18 heavy (non-hydrogen) atoms. The third kappa shape index (κ3) is 3.22. The van der Waals surface area contributed by atoms with E-state index in [1.807, 2.05) is 0 Å². The third-order valence-electron chi connectivity index (χ3n) is 2.52. The second-order valence-electron chi connectivity index (χ2n) is 3.88. The lowest BCUT2D eigenvalue weighted by Crippen LogP contribution is -2.19. The fourth-order valence-corrected chi connectivity index (χ4v) is 1.51. The fraction of sp³-hybridized carbons (Fsp3) is 0.545. The first-order chi connectivity index (χ1) is 8.47. The zero-order valence-corrected chi connectivity index (χ0v) is 10.8. The van der Waals surface area contributed by atoms with Crippen molar-refractivity contribution in [1.82, 2.24) is 15.1 Å². The van der Waals surface area contributed by atoms with E-state index >= 15 is 0 Å². The average molecular weight is 254 g/mol. The summed E-state index contributed by atoms with van der Waals surface area (Å²) in [6.45, 7) is 1.90. The molecule has 0 radical (unpaired) electrons. The molecule has 0 fully saturated rings. The van der Waals surface area contributed by atoms with Crippen LogP contribution in [0.15, 0.2) is 0 Å². The van der Waals surface area contributed by atoms with Crippen molar-refractivity contribution in [2.45, 2.75) is 19.8 Å². The van der Waals surface area contributed by atoms with Gasteiger partial charge in [0.05, 0.1) is 18.0 Å². The Bertz CT molecular complexity index is 453. The Morgan fingerprint density at radius 3 is 2.67 bits per heavy atom. The molecule has 1 heterocycles. The van der Waals surface area contributed by atoms with Crippen LogP contribution in [0, 0.1) is 6.92 Å². The van der Waals surface area contributed by atoms with Crippen molar-refractivity contribution >= 4 is 17.6 Å². The second-order valence-corrected chi connectivity index (χ2v) is 3.88. The smallest absolute Gasteiger partial charge is 0.358 e. The van der Waals surface area contributed by atoms with Crippen LogP contribution in [0.2, 0.25) is 0 Å². The molecule has 7 nitrogen and oxygen atoms in total. The molecule has 0 unspecified atom stereocenters. The van der Waals surface area contributed by atoms with E-state index in [0.29, 0.717) is 24.2 Å². The Morgan fingerprint density at radius 2 is 2.17 bits per heavy atom. The summed E-state index contributed by atoms with van der Waals surface area (Å²) < 4.78 is 6.43. The van der Waals surface area contributed by atoms with Gasteiger partial charge in [-0.3, -0.25) is 9.48 Å². The first kappa shape index (κ1) is 14.0. The highest BCUT2D eigenvalue weighted by atomic mass is 16.5. The maximum atomic E-state index is 11.8. The number of anilines is 1. The number of nitrogen functional groups attached to an aromatic ring is 1. The number of nitrogens with one attached hydrogen (secondary N) is 1. The van der Waals surface area contributed by atoms with Crippen molar-refractivity contribution in [1.29, 1.82) is 0 Å². The molecule has 1 rings (SSSR count). The zero-order chi connectivity index (χ0) is 13.7. The number of aromatic nitrogens is 2. The molecule has 1 amide bonds. The number of nitrogens with two attached hydrogens (primary N) is 1. The zero-order valence-electron chi connectivity index (χ0n) is 10.8. The molecule has 1 aromatic heterocycles. The van der Waals surface area contributed by atoms with Crippen LogP contribution in [-0.2, 0) is 16.6 Å². The summed E-state index contributed by atoms with van der Waals surface area (Å²) in [5, 5.41) is 6.52. The molecule has 0 saturated carbocycles. The minimum Gasteiger partial charge on any atom is -0.461 e. The SMILES string of the molecule is CNC(=O)CCCOC(=O)c1c(N)c(C)nn1C. The lowest BCUT2D eigenvalue weighted by Gasteiger charge is -2.05. The van der Waals surface area contributed by atoms with E-state index in [9.17, 15) is 9.59 Å². The van der Waals surface area contributed by atoms with Gasteiger partial charge < -0.3 is 15.8 Å². The molecule has 0 spiro atoms. The lowest BCUT2D eigenvalue weighted by molar-refractivity contribution is -0.120. The largest absolute Gasteiger partial charge is 0.461 e. The highest BCUT2D eigenvalue weighted by molar-refractivity contribution is 5.93. The summed E-state index contributed by atoms with van der Waals surface area (Å²) in [6.07, 6.45) is 0.797. The third-order valence-corrected chi connectivity index (χ3v) is 2.52. The standard InChI is InChI=1S/C11H18N4O3/c1-7-9(12)10(15(3)14-7)11(17)18-6-4-5-8(16)13-2/h4-6,12H2,1-3H3,(H,13,16). The van der Waals surface area contributed by atoms with Gasteiger partial charge in [-0.15, -0.1) is 0 Å². The van der Waals surface area contributed by atoms with E-state index in [1.165, 1.54) is 4.68 Å². The fourth-order valence-electron chi connectivity index (χ4n) is 1.51. The topological polar surface area (TPSA) is 99.2 Å². The van der Waals surface area contributed by atoms with E-state index in [1.54, 1.807) is 21.0 Å². The Balaban J connectivity index is 2.48. The average Bonchev–Trinajstić information content (AvgIpc) is 2.58. The van der Waals surface area contributed by atoms with E-state index < -0.39 is 5.97 Å². The Kier molecular flexibility index (Phi) is 4.70. The number of aryl methyl sites for hydroxylation is 2. The number of esters is 1. The van der Waals surface area contributed by atoms with Gasteiger partial charge in [0.2, 0.25) is 5.91 Å². The van der Waals surface area contributed by atoms with Crippen molar-refractivity contribution in [3.8, 4) is 0 Å². The van der Waals surface area contributed by atoms with E-state index in [4.69, 9.17) is 10.5 Å². The van der Waals surface area contributed by atoms with E-state index in [0.717, 1.165) is 0 Å². The lowest BCUT2D eigenvalue weighted by atomic mass is 10.3. The van der Waals surface area contributed by atoms with E-state index in [2.05, 4.69) is 10.4 Å². The summed E-state index contributed by atoms with van der Waals surface area (Å²) in [5.74, 6) is -0.602. The quantitative estimate of drug-likeness (QED) is 0.569. The molecule has 0 aliphatic heterocycles. The van der Waals surface area contributed by atoms with Crippen LogP contribution in [0.5, 0.6) is 0 Å². The molecular formula is C11H18N4O3. The Hall–Kier alpha value is -2.05. The van der Waals surface area contributed by atoms with E-state index in [-0.39, 0.29) is 18.2 Å². The van der Waals surface area contributed by atoms with Crippen LogP contribution in [0.3, 0.4) is 0 Å². The highest BCUT2D eigenvalue weighted by Crippen LogP contribution is 2.16. The number of amides is 1. The number of carbonyl (C=O) groups is 2. The molecule has 0 atom stereocenters. The van der Waals surface area contributed by atoms with Gasteiger partial charge in [0.25, 0.3) is 0 Å². The van der Waals surface area contributed by atoms with Crippen molar-refractivity contribution in [2.24, 2.45) is 7.05 Å². The predicted octanol–water partition coefficient (Wildman–Crippen LogP) is -0.00628. The van der Waals surface area contributed by atoms with Crippen LogP contribution in [0.25, 0.3) is 0 Å². The molecule has 0 aliphatic carbocycles. The van der Waals surface area contributed by atoms with Gasteiger partial charge in [-0.1, -0.05) is 0 Å². The minimum absolute atomic E-state index is 0.0815. The monoisotopic (exact) mass is 254 g/mol. The molecule has 1 aromatic rings. The van der Waals surface area contributed by atoms with Gasteiger partial charge in [0, 0.05) is 20.5 Å².